The van der Waals surface area contributed by atoms with E-state index in [9.17, 15) is 0 Å². The summed E-state index contributed by atoms with van der Waals surface area (Å²) in [5.41, 5.74) is 5.82. The summed E-state index contributed by atoms with van der Waals surface area (Å²) in [5, 5.41) is 0. The van der Waals surface area contributed by atoms with Crippen molar-refractivity contribution in [2.75, 3.05) is 0 Å². The van der Waals surface area contributed by atoms with Crippen molar-refractivity contribution in [3.8, 4) is 0 Å². The first-order chi connectivity index (χ1) is 10.7. The van der Waals surface area contributed by atoms with Crippen LogP contribution in [0.5, 0.6) is 0 Å². The molecule has 0 N–H and O–H groups in total. The van der Waals surface area contributed by atoms with E-state index >= 15 is 0 Å². The van der Waals surface area contributed by atoms with Gasteiger partial charge < -0.3 is 4.74 Å². The molecule has 5 spiro atoms. The zero-order valence-corrected chi connectivity index (χ0v) is 20.4. The molecular weight excluding hydrogens is 559 g/mol. The minimum atomic E-state index is 0. The fourth-order valence-corrected chi connectivity index (χ4v) is 9.46. The number of hydrogen-bond donors (Lipinski definition) is 0. The molecular formula is C23H33ORf-. The van der Waals surface area contributed by atoms with Crippen LogP contribution < -0.4 is 0 Å². The van der Waals surface area contributed by atoms with Crippen LogP contribution in [-0.4, -0.2) is 12.2 Å². The molecule has 0 aromatic rings. The van der Waals surface area contributed by atoms with Gasteiger partial charge in [0, 0.05) is 0 Å². The first kappa shape index (κ1) is 16.8. The second-order valence-corrected chi connectivity index (χ2v) is 9.53. The van der Waals surface area contributed by atoms with Gasteiger partial charge >= 0.3 is 0 Å². The Morgan fingerprint density at radius 3 is 1.92 bits per heavy atom. The molecule has 9 aliphatic rings. The van der Waals surface area contributed by atoms with Crippen molar-refractivity contribution in [2.45, 2.75) is 65.6 Å². The van der Waals surface area contributed by atoms with Crippen molar-refractivity contribution in [1.82, 2.24) is 0 Å². The Hall–Kier alpha value is -1.69. The number of ether oxygens (including phenoxy) is 1. The van der Waals surface area contributed by atoms with Gasteiger partial charge in [-0.1, -0.05) is 20.9 Å². The Kier molecular flexibility index (Phi) is 2.48. The summed E-state index contributed by atoms with van der Waals surface area (Å²) in [7, 11) is 0. The van der Waals surface area contributed by atoms with E-state index in [1.807, 2.05) is 6.08 Å². The van der Waals surface area contributed by atoms with E-state index in [1.165, 1.54) is 59.8 Å². The minimum absolute atomic E-state index is 0. The maximum atomic E-state index is 5.42. The number of epoxide rings is 1. The Balaban J connectivity index is 0.0000000987. The molecule has 0 bridgehead atoms. The first-order valence-corrected chi connectivity index (χ1v) is 9.41. The molecule has 0 radical (unpaired) electrons. The molecule has 9 unspecified atom stereocenters. The predicted octanol–water partition coefficient (Wildman–Crippen LogP) is 5.43. The van der Waals surface area contributed by atoms with Gasteiger partial charge in [-0.25, -0.2) is 19.6 Å². The van der Waals surface area contributed by atoms with Crippen LogP contribution in [0.1, 0.15) is 53.4 Å². The predicted molar refractivity (Wildman–Crippen MR) is 98.2 cm³/mol. The number of allylic oxidation sites excluding steroid dienone is 2. The van der Waals surface area contributed by atoms with Crippen molar-refractivity contribution in [3.63, 3.8) is 0 Å². The van der Waals surface area contributed by atoms with Gasteiger partial charge in [0.15, 0.2) is 0 Å². The van der Waals surface area contributed by atoms with Crippen molar-refractivity contribution in [2.24, 2.45) is 44.8 Å². The van der Waals surface area contributed by atoms with Crippen molar-refractivity contribution >= 4 is 0 Å². The van der Waals surface area contributed by atoms with E-state index in [0.29, 0.717) is 12.2 Å². The molecule has 0 amide bonds. The topological polar surface area (TPSA) is 12.5 Å². The zero-order valence-electron chi connectivity index (χ0n) is 14.0. The molecule has 9 atom stereocenters. The summed E-state index contributed by atoms with van der Waals surface area (Å²) in [6, 6.07) is 0. The van der Waals surface area contributed by atoms with Gasteiger partial charge in [0.2, 0.25) is 0 Å². The van der Waals surface area contributed by atoms with E-state index in [-0.39, 0.29) is 14.9 Å². The van der Waals surface area contributed by atoms with Gasteiger partial charge in [-0.05, 0) is 83.4 Å². The van der Waals surface area contributed by atoms with E-state index in [4.69, 9.17) is 4.74 Å². The molecule has 134 valence electrons. The molecule has 1 heterocycles. The van der Waals surface area contributed by atoms with Crippen LogP contribution in [0.4, 0.5) is 0 Å². The average Bonchev–Trinajstić information content (AvgIpc) is 3.28. The van der Waals surface area contributed by atoms with Crippen LogP contribution in [-0.2, 0) is 4.74 Å². The van der Waals surface area contributed by atoms with E-state index < -0.39 is 0 Å². The Bertz CT molecular complexity index is 648. The van der Waals surface area contributed by atoms with Crippen molar-refractivity contribution in [1.29, 1.82) is 0 Å². The van der Waals surface area contributed by atoms with Gasteiger partial charge in [0.05, 0.1) is 12.2 Å². The Morgan fingerprint density at radius 1 is 1.00 bits per heavy atom. The zero-order chi connectivity index (χ0) is 14.8. The molecule has 0 aromatic heterocycles. The number of fused-ring (bicyclic) bond motifs is 1. The monoisotopic (exact) mass is 592 g/mol. The minimum Gasteiger partial charge on any atom is -0.370 e. The van der Waals surface area contributed by atoms with E-state index in [1.54, 1.807) is 12.8 Å². The largest absolute Gasteiger partial charge is 0.370 e. The molecule has 1 aliphatic heterocycles. The maximum Gasteiger partial charge on any atom is 0.0844 e. The maximum absolute atomic E-state index is 5.42. The number of rotatable bonds is 2. The molecule has 8 saturated carbocycles. The molecule has 8 aliphatic carbocycles. The van der Waals surface area contributed by atoms with Crippen molar-refractivity contribution in [3.05, 3.63) is 32.2 Å². The van der Waals surface area contributed by atoms with E-state index in [0.717, 1.165) is 16.7 Å². The quantitative estimate of drug-likeness (QED) is 0.237. The SMILES string of the molecule is C.C.C1C2C13C21C24C5CC52C314.C=CCC1CCC2OC2C1.C=C[CH2-].[Rf]. The molecule has 9 fully saturated rings. The van der Waals surface area contributed by atoms with Gasteiger partial charge in [-0.2, -0.15) is 0 Å². The van der Waals surface area contributed by atoms with Gasteiger partial charge in [-0.15, -0.1) is 6.58 Å². The van der Waals surface area contributed by atoms with Crippen LogP contribution in [0.3, 0.4) is 0 Å². The molecule has 1 nitrogen and oxygen atoms in total. The van der Waals surface area contributed by atoms with Crippen LogP contribution in [0.2, 0.25) is 0 Å². The summed E-state index contributed by atoms with van der Waals surface area (Å²) in [5.74, 6) is 3.58. The molecule has 2 heteroatoms. The number of hydrogen-bond acceptors (Lipinski definition) is 1. The van der Waals surface area contributed by atoms with Gasteiger partial charge in [0.25, 0.3) is 0 Å². The Morgan fingerprint density at radius 2 is 1.56 bits per heavy atom. The van der Waals surface area contributed by atoms with Gasteiger partial charge in [0.1, 0.15) is 0 Å². The normalized spacial score (nSPS) is 67.1. The molecule has 25 heavy (non-hydrogen) atoms. The average molecular weight is 593 g/mol. The second-order valence-electron chi connectivity index (χ2n) is 9.53. The Labute approximate surface area is 147 Å². The smallest absolute Gasteiger partial charge is 0.0844 e. The standard InChI is InChI=1S/C9H14O.C9H6.C3H5.2CH4.Rf/c1-2-3-7-4-5-8-9(6-7)10-8;1-3-5(1)7(3)8-4-2-6(4,8)9(5,7)8;1-3-2;;;/h2,7-9H,1,3-6H2;3-4H,1-2H2;3H,1-2H2;2*1H4;/q;;-1;;;. The third-order valence-corrected chi connectivity index (χ3v) is 9.78. The molecule has 0 aromatic carbocycles. The van der Waals surface area contributed by atoms with Crippen LogP contribution >= 0.6 is 0 Å². The summed E-state index contributed by atoms with van der Waals surface area (Å²) in [4.78, 5) is 0. The second kappa shape index (κ2) is 3.70. The van der Waals surface area contributed by atoms with Crippen LogP contribution in [0, 0.1) is 51.8 Å². The van der Waals surface area contributed by atoms with Crippen LogP contribution in [0.25, 0.3) is 0 Å². The fourth-order valence-electron chi connectivity index (χ4n) is 9.46. The summed E-state index contributed by atoms with van der Waals surface area (Å²) in [6.45, 7) is 10.3. The first-order valence-electron chi connectivity index (χ1n) is 9.41. The molecule has 1 saturated heterocycles. The van der Waals surface area contributed by atoms with Crippen LogP contribution in [0.15, 0.2) is 25.3 Å². The van der Waals surface area contributed by atoms with Gasteiger partial charge in [-0.3, -0.25) is 0 Å². The summed E-state index contributed by atoms with van der Waals surface area (Å²) < 4.78 is 5.42. The third kappa shape index (κ3) is 0.933. The third-order valence-electron chi connectivity index (χ3n) is 9.78. The molecule has 9 rings (SSSR count). The summed E-state index contributed by atoms with van der Waals surface area (Å²) >= 11 is 0. The van der Waals surface area contributed by atoms with Crippen molar-refractivity contribution < 1.29 is 4.74 Å². The fraction of sp³-hybridized carbons (Fsp3) is 0.783. The summed E-state index contributed by atoms with van der Waals surface area (Å²) in [6.07, 6.45) is 13.3. The van der Waals surface area contributed by atoms with E-state index in [2.05, 4.69) is 20.1 Å².